The van der Waals surface area contributed by atoms with Gasteiger partial charge in [-0.2, -0.15) is 5.26 Å². The number of ether oxygens (including phenoxy) is 1. The molecule has 23 heavy (non-hydrogen) atoms. The minimum absolute atomic E-state index is 0.552. The second kappa shape index (κ2) is 10.3. The summed E-state index contributed by atoms with van der Waals surface area (Å²) in [6.45, 7) is 7.22. The SMILES string of the molecule is CC1CCCCN1CCNCc1cccc(OCCCC#N)c1. The van der Waals surface area contributed by atoms with E-state index < -0.39 is 0 Å². The van der Waals surface area contributed by atoms with Crippen LogP contribution in [0.2, 0.25) is 0 Å². The fourth-order valence-corrected chi connectivity index (χ4v) is 3.03. The van der Waals surface area contributed by atoms with E-state index in [1.165, 1.54) is 31.4 Å². The number of nitrogens with one attached hydrogen (secondary N) is 1. The summed E-state index contributed by atoms with van der Waals surface area (Å²) < 4.78 is 5.68. The van der Waals surface area contributed by atoms with Crippen LogP contribution < -0.4 is 10.1 Å². The predicted molar refractivity (Wildman–Crippen MR) is 93.4 cm³/mol. The van der Waals surface area contributed by atoms with Crippen LogP contribution in [-0.4, -0.2) is 37.2 Å². The van der Waals surface area contributed by atoms with E-state index in [4.69, 9.17) is 10.00 Å². The van der Waals surface area contributed by atoms with Gasteiger partial charge in [0, 0.05) is 32.1 Å². The van der Waals surface area contributed by atoms with Gasteiger partial charge in [0.15, 0.2) is 0 Å². The maximum Gasteiger partial charge on any atom is 0.119 e. The zero-order valence-electron chi connectivity index (χ0n) is 14.3. The van der Waals surface area contributed by atoms with Crippen molar-refractivity contribution in [2.75, 3.05) is 26.2 Å². The molecule has 2 rings (SSSR count). The Balaban J connectivity index is 1.66. The largest absolute Gasteiger partial charge is 0.494 e. The Bertz CT molecular complexity index is 498. The van der Waals surface area contributed by atoms with E-state index in [2.05, 4.69) is 35.3 Å². The molecular formula is C19H29N3O. The number of rotatable bonds is 9. The van der Waals surface area contributed by atoms with Gasteiger partial charge in [0.1, 0.15) is 5.75 Å². The summed E-state index contributed by atoms with van der Waals surface area (Å²) in [5, 5.41) is 12.1. The molecule has 1 heterocycles. The van der Waals surface area contributed by atoms with E-state index in [9.17, 15) is 0 Å². The predicted octanol–water partition coefficient (Wildman–Crippen LogP) is 3.33. The molecule has 0 amide bonds. The molecular weight excluding hydrogens is 286 g/mol. The molecule has 0 radical (unpaired) electrons. The second-order valence-electron chi connectivity index (χ2n) is 6.32. The van der Waals surface area contributed by atoms with Crippen LogP contribution in [0.5, 0.6) is 5.75 Å². The smallest absolute Gasteiger partial charge is 0.119 e. The summed E-state index contributed by atoms with van der Waals surface area (Å²) in [6, 6.07) is 11.1. The number of hydrogen-bond acceptors (Lipinski definition) is 4. The highest BCUT2D eigenvalue weighted by Gasteiger charge is 2.16. The number of nitrogens with zero attached hydrogens (tertiary/aromatic N) is 2. The van der Waals surface area contributed by atoms with Crippen molar-refractivity contribution in [2.24, 2.45) is 0 Å². The molecule has 0 saturated carbocycles. The molecule has 4 heteroatoms. The summed E-state index contributed by atoms with van der Waals surface area (Å²) >= 11 is 0. The van der Waals surface area contributed by atoms with E-state index in [-0.39, 0.29) is 0 Å². The third kappa shape index (κ3) is 6.60. The first-order valence-corrected chi connectivity index (χ1v) is 8.83. The van der Waals surface area contributed by atoms with Crippen molar-refractivity contribution in [1.29, 1.82) is 5.26 Å². The minimum atomic E-state index is 0.552. The lowest BCUT2D eigenvalue weighted by Gasteiger charge is -2.33. The summed E-state index contributed by atoms with van der Waals surface area (Å²) in [6.07, 6.45) is 5.40. The summed E-state index contributed by atoms with van der Waals surface area (Å²) in [7, 11) is 0. The number of benzene rings is 1. The van der Waals surface area contributed by atoms with Crippen LogP contribution in [-0.2, 0) is 6.54 Å². The number of unbranched alkanes of at least 4 members (excludes halogenated alkanes) is 1. The van der Waals surface area contributed by atoms with Crippen LogP contribution in [0.4, 0.5) is 0 Å². The normalized spacial score (nSPS) is 18.5. The molecule has 1 aliphatic rings. The van der Waals surface area contributed by atoms with Crippen molar-refractivity contribution < 1.29 is 4.74 Å². The Kier molecular flexibility index (Phi) is 7.92. The molecule has 1 saturated heterocycles. The van der Waals surface area contributed by atoms with Crippen LogP contribution in [0, 0.1) is 11.3 Å². The van der Waals surface area contributed by atoms with Gasteiger partial charge in [0.2, 0.25) is 0 Å². The van der Waals surface area contributed by atoms with Crippen molar-refractivity contribution in [3.05, 3.63) is 29.8 Å². The monoisotopic (exact) mass is 315 g/mol. The standard InChI is InChI=1S/C19H29N3O/c1-17-7-2-4-12-22(17)13-11-21-16-18-8-6-9-19(15-18)23-14-5-3-10-20/h6,8-9,15,17,21H,2-5,7,11-14,16H2,1H3. The maximum absolute atomic E-state index is 8.52. The van der Waals surface area contributed by atoms with Gasteiger partial charge in [0.25, 0.3) is 0 Å². The third-order valence-corrected chi connectivity index (χ3v) is 4.45. The minimum Gasteiger partial charge on any atom is -0.494 e. The molecule has 4 nitrogen and oxygen atoms in total. The van der Waals surface area contributed by atoms with E-state index in [1.54, 1.807) is 0 Å². The summed E-state index contributed by atoms with van der Waals surface area (Å²) in [5.41, 5.74) is 1.24. The van der Waals surface area contributed by atoms with Crippen LogP contribution in [0.25, 0.3) is 0 Å². The molecule has 1 aromatic carbocycles. The van der Waals surface area contributed by atoms with Gasteiger partial charge < -0.3 is 10.1 Å². The molecule has 0 aromatic heterocycles. The zero-order chi connectivity index (χ0) is 16.3. The lowest BCUT2D eigenvalue weighted by atomic mass is 10.0. The van der Waals surface area contributed by atoms with Gasteiger partial charge >= 0.3 is 0 Å². The van der Waals surface area contributed by atoms with Crippen LogP contribution in [0.1, 0.15) is 44.6 Å². The Morgan fingerprint density at radius 1 is 1.39 bits per heavy atom. The van der Waals surface area contributed by atoms with Crippen molar-refractivity contribution >= 4 is 0 Å². The lowest BCUT2D eigenvalue weighted by Crippen LogP contribution is -2.41. The van der Waals surface area contributed by atoms with Crippen LogP contribution in [0.3, 0.4) is 0 Å². The van der Waals surface area contributed by atoms with Crippen LogP contribution >= 0.6 is 0 Å². The number of likely N-dealkylation sites (tertiary alicyclic amines) is 1. The van der Waals surface area contributed by atoms with Crippen molar-refractivity contribution in [3.8, 4) is 11.8 Å². The maximum atomic E-state index is 8.52. The average Bonchev–Trinajstić information content (AvgIpc) is 2.57. The number of piperidine rings is 1. The zero-order valence-corrected chi connectivity index (χ0v) is 14.3. The Morgan fingerprint density at radius 2 is 2.30 bits per heavy atom. The molecule has 0 spiro atoms. The van der Waals surface area contributed by atoms with Gasteiger partial charge in [-0.25, -0.2) is 0 Å². The number of nitriles is 1. The fraction of sp³-hybridized carbons (Fsp3) is 0.632. The van der Waals surface area contributed by atoms with Gasteiger partial charge in [-0.05, 0) is 50.4 Å². The molecule has 1 aromatic rings. The van der Waals surface area contributed by atoms with Gasteiger partial charge in [0.05, 0.1) is 12.7 Å². The lowest BCUT2D eigenvalue weighted by molar-refractivity contribution is 0.161. The summed E-state index contributed by atoms with van der Waals surface area (Å²) in [4.78, 5) is 2.59. The van der Waals surface area contributed by atoms with E-state index in [0.29, 0.717) is 13.0 Å². The Labute approximate surface area is 140 Å². The average molecular weight is 315 g/mol. The molecule has 126 valence electrons. The van der Waals surface area contributed by atoms with Crippen molar-refractivity contribution in [2.45, 2.75) is 51.6 Å². The molecule has 1 N–H and O–H groups in total. The second-order valence-corrected chi connectivity index (χ2v) is 6.32. The Hall–Kier alpha value is -1.57. The van der Waals surface area contributed by atoms with Gasteiger partial charge in [-0.1, -0.05) is 18.6 Å². The fourth-order valence-electron chi connectivity index (χ4n) is 3.03. The molecule has 1 aliphatic heterocycles. The first-order valence-electron chi connectivity index (χ1n) is 8.83. The van der Waals surface area contributed by atoms with Gasteiger partial charge in [-0.15, -0.1) is 0 Å². The Morgan fingerprint density at radius 3 is 3.13 bits per heavy atom. The number of hydrogen-bond donors (Lipinski definition) is 1. The topological polar surface area (TPSA) is 48.3 Å². The van der Waals surface area contributed by atoms with Crippen molar-refractivity contribution in [1.82, 2.24) is 10.2 Å². The van der Waals surface area contributed by atoms with Gasteiger partial charge in [-0.3, -0.25) is 4.90 Å². The molecule has 1 atom stereocenters. The van der Waals surface area contributed by atoms with E-state index >= 15 is 0 Å². The van der Waals surface area contributed by atoms with E-state index in [1.807, 2.05) is 12.1 Å². The van der Waals surface area contributed by atoms with E-state index in [0.717, 1.165) is 37.8 Å². The van der Waals surface area contributed by atoms with Crippen molar-refractivity contribution in [3.63, 3.8) is 0 Å². The quantitative estimate of drug-likeness (QED) is 0.710. The summed E-state index contributed by atoms with van der Waals surface area (Å²) in [5.74, 6) is 0.895. The molecule has 1 fully saturated rings. The first kappa shape index (κ1) is 17.8. The highest BCUT2D eigenvalue weighted by Crippen LogP contribution is 2.16. The molecule has 0 bridgehead atoms. The molecule has 1 unspecified atom stereocenters. The first-order chi connectivity index (χ1) is 11.3. The third-order valence-electron chi connectivity index (χ3n) is 4.45. The highest BCUT2D eigenvalue weighted by atomic mass is 16.5. The van der Waals surface area contributed by atoms with Crippen LogP contribution in [0.15, 0.2) is 24.3 Å². The highest BCUT2D eigenvalue weighted by molar-refractivity contribution is 5.28. The molecule has 0 aliphatic carbocycles.